The van der Waals surface area contributed by atoms with E-state index in [1.54, 1.807) is 0 Å². The number of nitro groups is 1. The molecule has 1 aromatic carbocycles. The van der Waals surface area contributed by atoms with Crippen LogP contribution in [0.3, 0.4) is 0 Å². The van der Waals surface area contributed by atoms with Gasteiger partial charge in [0.25, 0.3) is 11.6 Å². The molecule has 0 aliphatic carbocycles. The standard InChI is InChI=1S/C11H9ClN2O4S/c12-7-2-1-6(5-9(7)14(17)18)10(15)13-8-3-4-19-11(8)16/h1-2,5,8H,3-4H2,(H,13,15)/t8-/m0/s1. The summed E-state index contributed by atoms with van der Waals surface area (Å²) >= 11 is 6.83. The molecule has 1 aliphatic heterocycles. The smallest absolute Gasteiger partial charge is 0.288 e. The van der Waals surface area contributed by atoms with Gasteiger partial charge in [0, 0.05) is 17.4 Å². The number of thioether (sulfide) groups is 1. The zero-order chi connectivity index (χ0) is 14.0. The third-order valence-electron chi connectivity index (χ3n) is 2.65. The van der Waals surface area contributed by atoms with Crippen molar-refractivity contribution in [3.63, 3.8) is 0 Å². The van der Waals surface area contributed by atoms with Gasteiger partial charge in [-0.05, 0) is 18.6 Å². The maximum Gasteiger partial charge on any atom is 0.288 e. The van der Waals surface area contributed by atoms with Crippen molar-refractivity contribution >= 4 is 40.1 Å². The second kappa shape index (κ2) is 5.58. The Balaban J connectivity index is 2.17. The molecular formula is C11H9ClN2O4S. The predicted molar refractivity (Wildman–Crippen MR) is 71.4 cm³/mol. The Labute approximate surface area is 117 Å². The summed E-state index contributed by atoms with van der Waals surface area (Å²) in [6.07, 6.45) is 0.574. The highest BCUT2D eigenvalue weighted by Gasteiger charge is 2.27. The lowest BCUT2D eigenvalue weighted by Crippen LogP contribution is -2.37. The number of nitro benzene ring substituents is 1. The lowest BCUT2D eigenvalue weighted by Gasteiger charge is -2.10. The Morgan fingerprint density at radius 2 is 2.26 bits per heavy atom. The summed E-state index contributed by atoms with van der Waals surface area (Å²) in [5, 5.41) is 13.2. The van der Waals surface area contributed by atoms with Crippen LogP contribution < -0.4 is 5.32 Å². The quantitative estimate of drug-likeness (QED) is 0.681. The molecule has 0 unspecified atom stereocenters. The molecule has 1 fully saturated rings. The van der Waals surface area contributed by atoms with Gasteiger partial charge in [-0.3, -0.25) is 19.7 Å². The fourth-order valence-electron chi connectivity index (χ4n) is 1.66. The summed E-state index contributed by atoms with van der Waals surface area (Å²) < 4.78 is 0. The average Bonchev–Trinajstić information content (AvgIpc) is 2.75. The Kier molecular flexibility index (Phi) is 4.06. The van der Waals surface area contributed by atoms with Crippen molar-refractivity contribution in [3.05, 3.63) is 38.9 Å². The second-order valence-corrected chi connectivity index (χ2v) is 5.41. The zero-order valence-electron chi connectivity index (χ0n) is 9.59. The maximum atomic E-state index is 11.9. The highest BCUT2D eigenvalue weighted by atomic mass is 35.5. The lowest BCUT2D eigenvalue weighted by molar-refractivity contribution is -0.384. The monoisotopic (exact) mass is 300 g/mol. The molecule has 0 saturated carbocycles. The molecular weight excluding hydrogens is 292 g/mol. The van der Waals surface area contributed by atoms with Gasteiger partial charge in [0.05, 0.1) is 11.0 Å². The minimum absolute atomic E-state index is 0.0333. The number of carbonyl (C=O) groups is 2. The number of benzene rings is 1. The van der Waals surface area contributed by atoms with Crippen LogP contribution in [0.5, 0.6) is 0 Å². The Bertz CT molecular complexity index is 564. The topological polar surface area (TPSA) is 89.3 Å². The number of nitrogens with zero attached hydrogens (tertiary/aromatic N) is 1. The van der Waals surface area contributed by atoms with Gasteiger partial charge in [-0.15, -0.1) is 0 Å². The van der Waals surface area contributed by atoms with Crippen molar-refractivity contribution in [2.24, 2.45) is 0 Å². The van der Waals surface area contributed by atoms with E-state index in [1.165, 1.54) is 23.9 Å². The van der Waals surface area contributed by atoms with Crippen molar-refractivity contribution in [1.82, 2.24) is 5.32 Å². The maximum absolute atomic E-state index is 11.9. The number of hydrogen-bond acceptors (Lipinski definition) is 5. The molecule has 1 heterocycles. The van der Waals surface area contributed by atoms with Gasteiger partial charge in [-0.25, -0.2) is 0 Å². The molecule has 1 saturated heterocycles. The van der Waals surface area contributed by atoms with Crippen LogP contribution in [0.1, 0.15) is 16.8 Å². The predicted octanol–water partition coefficient (Wildman–Crippen LogP) is 2.01. The van der Waals surface area contributed by atoms with E-state index >= 15 is 0 Å². The van der Waals surface area contributed by atoms with E-state index in [0.29, 0.717) is 12.2 Å². The van der Waals surface area contributed by atoms with E-state index in [2.05, 4.69) is 5.32 Å². The number of rotatable bonds is 3. The molecule has 0 aromatic heterocycles. The summed E-state index contributed by atoms with van der Waals surface area (Å²) in [6, 6.07) is 3.26. The molecule has 1 atom stereocenters. The Morgan fingerprint density at radius 1 is 1.53 bits per heavy atom. The summed E-state index contributed by atoms with van der Waals surface area (Å²) in [7, 11) is 0. The summed E-state index contributed by atoms with van der Waals surface area (Å²) in [5.74, 6) is 0.158. The van der Waals surface area contributed by atoms with E-state index in [-0.39, 0.29) is 21.4 Å². The number of amides is 1. The Morgan fingerprint density at radius 3 is 2.84 bits per heavy atom. The molecule has 2 rings (SSSR count). The second-order valence-electron chi connectivity index (χ2n) is 3.91. The fraction of sp³-hybridized carbons (Fsp3) is 0.273. The molecule has 19 heavy (non-hydrogen) atoms. The number of nitrogens with one attached hydrogen (secondary N) is 1. The van der Waals surface area contributed by atoms with Crippen LogP contribution in [-0.2, 0) is 4.79 Å². The van der Waals surface area contributed by atoms with Crippen molar-refractivity contribution in [3.8, 4) is 0 Å². The molecule has 1 aromatic rings. The van der Waals surface area contributed by atoms with E-state index in [4.69, 9.17) is 11.6 Å². The fourth-order valence-corrected chi connectivity index (χ4v) is 2.78. The summed E-state index contributed by atoms with van der Waals surface area (Å²) in [5.41, 5.74) is -0.220. The molecule has 0 spiro atoms. The van der Waals surface area contributed by atoms with Crippen molar-refractivity contribution in [1.29, 1.82) is 0 Å². The average molecular weight is 301 g/mol. The van der Waals surface area contributed by atoms with Crippen LogP contribution in [-0.4, -0.2) is 27.7 Å². The molecule has 8 heteroatoms. The van der Waals surface area contributed by atoms with Crippen LogP contribution in [0.4, 0.5) is 5.69 Å². The van der Waals surface area contributed by atoms with Crippen molar-refractivity contribution in [2.45, 2.75) is 12.5 Å². The first-order valence-electron chi connectivity index (χ1n) is 5.40. The van der Waals surface area contributed by atoms with Gasteiger partial charge >= 0.3 is 0 Å². The van der Waals surface area contributed by atoms with Gasteiger partial charge in [-0.1, -0.05) is 23.4 Å². The minimum atomic E-state index is -0.657. The first kappa shape index (κ1) is 13.8. The third-order valence-corrected chi connectivity index (χ3v) is 3.97. The van der Waals surface area contributed by atoms with Gasteiger partial charge in [-0.2, -0.15) is 0 Å². The van der Waals surface area contributed by atoms with Gasteiger partial charge in [0.1, 0.15) is 5.02 Å². The number of halogens is 1. The normalized spacial score (nSPS) is 18.4. The zero-order valence-corrected chi connectivity index (χ0v) is 11.2. The van der Waals surface area contributed by atoms with Crippen LogP contribution in [0, 0.1) is 10.1 Å². The molecule has 0 bridgehead atoms. The van der Waals surface area contributed by atoms with Crippen LogP contribution in [0.25, 0.3) is 0 Å². The van der Waals surface area contributed by atoms with Crippen LogP contribution in [0.2, 0.25) is 5.02 Å². The highest BCUT2D eigenvalue weighted by molar-refractivity contribution is 8.14. The van der Waals surface area contributed by atoms with Gasteiger partial charge in [0.15, 0.2) is 0 Å². The first-order chi connectivity index (χ1) is 8.99. The van der Waals surface area contributed by atoms with Gasteiger partial charge in [0.2, 0.25) is 5.12 Å². The molecule has 0 radical (unpaired) electrons. The highest BCUT2D eigenvalue weighted by Crippen LogP contribution is 2.25. The largest absolute Gasteiger partial charge is 0.341 e. The SMILES string of the molecule is O=C(N[C@H]1CCSC1=O)c1ccc(Cl)c([N+](=O)[O-])c1. The number of carbonyl (C=O) groups excluding carboxylic acids is 2. The van der Waals surface area contributed by atoms with Crippen LogP contribution >= 0.6 is 23.4 Å². The molecule has 1 N–H and O–H groups in total. The molecule has 1 aliphatic rings. The molecule has 1 amide bonds. The van der Waals surface area contributed by atoms with E-state index in [9.17, 15) is 19.7 Å². The van der Waals surface area contributed by atoms with E-state index < -0.39 is 16.9 Å². The van der Waals surface area contributed by atoms with E-state index in [1.807, 2.05) is 0 Å². The van der Waals surface area contributed by atoms with Crippen LogP contribution in [0.15, 0.2) is 18.2 Å². The van der Waals surface area contributed by atoms with Gasteiger partial charge < -0.3 is 5.32 Å². The first-order valence-corrected chi connectivity index (χ1v) is 6.77. The number of hydrogen-bond donors (Lipinski definition) is 1. The summed E-state index contributed by atoms with van der Waals surface area (Å²) in [4.78, 5) is 33.4. The van der Waals surface area contributed by atoms with Crippen molar-refractivity contribution < 1.29 is 14.5 Å². The Hall–Kier alpha value is -1.60. The summed E-state index contributed by atoms with van der Waals surface area (Å²) in [6.45, 7) is 0. The van der Waals surface area contributed by atoms with Crippen molar-refractivity contribution in [2.75, 3.05) is 5.75 Å². The van der Waals surface area contributed by atoms with E-state index in [0.717, 1.165) is 6.07 Å². The molecule has 100 valence electrons. The third kappa shape index (κ3) is 3.05. The minimum Gasteiger partial charge on any atom is -0.341 e. The molecule has 6 nitrogen and oxygen atoms in total. The lowest BCUT2D eigenvalue weighted by atomic mass is 10.1.